The number of aromatic nitrogens is 2. The molecular formula is C26H19ClN4O3. The summed E-state index contributed by atoms with van der Waals surface area (Å²) < 4.78 is 1.68. The van der Waals surface area contributed by atoms with E-state index in [4.69, 9.17) is 11.6 Å². The zero-order valence-electron chi connectivity index (χ0n) is 17.9. The molecule has 4 aromatic rings. The van der Waals surface area contributed by atoms with E-state index >= 15 is 0 Å². The first kappa shape index (κ1) is 21.6. The standard InChI is InChI=1S/C26H19ClN4O3/c27-20-10-8-17(9-11-20)16-31-23(12-13-28-31)29-24(32)19-5-3-4-18(14-19)15-30-25(33)21-6-1-2-7-22(21)26(30)34/h1-14H,15-16H2,(H,29,32). The van der Waals surface area contributed by atoms with Gasteiger partial charge in [0.2, 0.25) is 0 Å². The van der Waals surface area contributed by atoms with E-state index in [0.717, 1.165) is 5.56 Å². The van der Waals surface area contributed by atoms with Crippen LogP contribution in [0.1, 0.15) is 42.2 Å². The summed E-state index contributed by atoms with van der Waals surface area (Å²) in [5, 5.41) is 7.82. The number of benzene rings is 3. The number of halogens is 1. The van der Waals surface area contributed by atoms with Crippen LogP contribution in [0.3, 0.4) is 0 Å². The van der Waals surface area contributed by atoms with Crippen molar-refractivity contribution in [3.8, 4) is 0 Å². The summed E-state index contributed by atoms with van der Waals surface area (Å²) in [6, 6.07) is 22.8. The van der Waals surface area contributed by atoms with Gasteiger partial charge in [-0.05, 0) is 47.5 Å². The van der Waals surface area contributed by atoms with Crippen molar-refractivity contribution in [2.24, 2.45) is 0 Å². The van der Waals surface area contributed by atoms with E-state index in [0.29, 0.717) is 39.6 Å². The van der Waals surface area contributed by atoms with Gasteiger partial charge in [0, 0.05) is 16.7 Å². The van der Waals surface area contributed by atoms with E-state index in [-0.39, 0.29) is 24.3 Å². The van der Waals surface area contributed by atoms with Crippen LogP contribution in [0.5, 0.6) is 0 Å². The highest BCUT2D eigenvalue weighted by atomic mass is 35.5. The van der Waals surface area contributed by atoms with Crippen LogP contribution >= 0.6 is 11.6 Å². The van der Waals surface area contributed by atoms with Crippen LogP contribution in [-0.4, -0.2) is 32.4 Å². The highest BCUT2D eigenvalue weighted by Crippen LogP contribution is 2.24. The van der Waals surface area contributed by atoms with Gasteiger partial charge in [-0.1, -0.05) is 48.0 Å². The molecule has 7 nitrogen and oxygen atoms in total. The molecule has 3 amide bonds. The second-order valence-corrected chi connectivity index (χ2v) is 8.33. The Balaban J connectivity index is 1.30. The topological polar surface area (TPSA) is 84.3 Å². The van der Waals surface area contributed by atoms with Gasteiger partial charge in [-0.2, -0.15) is 5.10 Å². The Kier molecular flexibility index (Phi) is 5.69. The fourth-order valence-corrected chi connectivity index (χ4v) is 4.02. The number of carbonyl (C=O) groups excluding carboxylic acids is 3. The SMILES string of the molecule is O=C(Nc1ccnn1Cc1ccc(Cl)cc1)c1cccc(CN2C(=O)c3ccccc3C2=O)c1. The van der Waals surface area contributed by atoms with Gasteiger partial charge in [-0.3, -0.25) is 19.3 Å². The quantitative estimate of drug-likeness (QED) is 0.416. The van der Waals surface area contributed by atoms with Crippen molar-refractivity contribution in [3.05, 3.63) is 118 Å². The van der Waals surface area contributed by atoms with Crippen LogP contribution in [0.4, 0.5) is 5.82 Å². The number of nitrogens with zero attached hydrogens (tertiary/aromatic N) is 3. The normalized spacial score (nSPS) is 12.7. The van der Waals surface area contributed by atoms with E-state index in [1.165, 1.54) is 4.90 Å². The number of imide groups is 1. The highest BCUT2D eigenvalue weighted by Gasteiger charge is 2.35. The summed E-state index contributed by atoms with van der Waals surface area (Å²) in [4.78, 5) is 39.5. The molecule has 0 saturated carbocycles. The molecule has 2 heterocycles. The van der Waals surface area contributed by atoms with E-state index in [1.807, 2.05) is 12.1 Å². The average molecular weight is 471 g/mol. The summed E-state index contributed by atoms with van der Waals surface area (Å²) in [7, 11) is 0. The van der Waals surface area contributed by atoms with Gasteiger partial charge in [0.15, 0.2) is 0 Å². The lowest BCUT2D eigenvalue weighted by Gasteiger charge is -2.15. The van der Waals surface area contributed by atoms with Gasteiger partial charge in [0.05, 0.1) is 30.4 Å². The number of anilines is 1. The molecule has 8 heteroatoms. The smallest absolute Gasteiger partial charge is 0.261 e. The summed E-state index contributed by atoms with van der Waals surface area (Å²) in [6.07, 6.45) is 1.62. The number of rotatable bonds is 6. The van der Waals surface area contributed by atoms with Gasteiger partial charge >= 0.3 is 0 Å². The van der Waals surface area contributed by atoms with Crippen molar-refractivity contribution in [1.29, 1.82) is 0 Å². The Bertz CT molecular complexity index is 1380. The maximum absolute atomic E-state index is 12.9. The summed E-state index contributed by atoms with van der Waals surface area (Å²) in [5.41, 5.74) is 2.88. The molecule has 0 atom stereocenters. The lowest BCUT2D eigenvalue weighted by atomic mass is 10.1. The van der Waals surface area contributed by atoms with Crippen molar-refractivity contribution >= 4 is 35.1 Å². The van der Waals surface area contributed by atoms with Gasteiger partial charge in [-0.15, -0.1) is 0 Å². The minimum atomic E-state index is -0.332. The second-order valence-electron chi connectivity index (χ2n) is 7.90. The lowest BCUT2D eigenvalue weighted by Crippen LogP contribution is -2.29. The number of fused-ring (bicyclic) bond motifs is 1. The molecule has 5 rings (SSSR count). The van der Waals surface area contributed by atoms with Gasteiger partial charge in [-0.25, -0.2) is 4.68 Å². The summed E-state index contributed by atoms with van der Waals surface area (Å²) in [5.74, 6) is -0.434. The Labute approximate surface area is 200 Å². The molecule has 1 aliphatic rings. The lowest BCUT2D eigenvalue weighted by molar-refractivity contribution is 0.0642. The number of hydrogen-bond acceptors (Lipinski definition) is 4. The van der Waals surface area contributed by atoms with Crippen molar-refractivity contribution in [1.82, 2.24) is 14.7 Å². The van der Waals surface area contributed by atoms with Crippen molar-refractivity contribution in [3.63, 3.8) is 0 Å². The van der Waals surface area contributed by atoms with E-state index in [9.17, 15) is 14.4 Å². The van der Waals surface area contributed by atoms with Crippen molar-refractivity contribution in [2.75, 3.05) is 5.32 Å². The first-order chi connectivity index (χ1) is 16.5. The molecule has 0 spiro atoms. The molecule has 3 aromatic carbocycles. The molecule has 0 aliphatic carbocycles. The molecule has 1 N–H and O–H groups in total. The Morgan fingerprint density at radius 2 is 1.53 bits per heavy atom. The third kappa shape index (κ3) is 4.21. The minimum Gasteiger partial charge on any atom is -0.307 e. The molecule has 1 aliphatic heterocycles. The monoisotopic (exact) mass is 470 g/mol. The fraction of sp³-hybridized carbons (Fsp3) is 0.0769. The van der Waals surface area contributed by atoms with Crippen LogP contribution in [-0.2, 0) is 13.1 Å². The number of hydrogen-bond donors (Lipinski definition) is 1. The largest absolute Gasteiger partial charge is 0.307 e. The van der Waals surface area contributed by atoms with Crippen LogP contribution in [0.2, 0.25) is 5.02 Å². The predicted octanol–water partition coefficient (Wildman–Crippen LogP) is 4.63. The molecule has 34 heavy (non-hydrogen) atoms. The summed E-state index contributed by atoms with van der Waals surface area (Å²) in [6.45, 7) is 0.557. The summed E-state index contributed by atoms with van der Waals surface area (Å²) >= 11 is 5.95. The Hall–Kier alpha value is -4.23. The van der Waals surface area contributed by atoms with Crippen LogP contribution in [0, 0.1) is 0 Å². The van der Waals surface area contributed by atoms with E-state index in [2.05, 4.69) is 10.4 Å². The first-order valence-corrected chi connectivity index (χ1v) is 11.0. The fourth-order valence-electron chi connectivity index (χ4n) is 3.89. The minimum absolute atomic E-state index is 0.0853. The zero-order valence-corrected chi connectivity index (χ0v) is 18.7. The molecule has 0 bridgehead atoms. The third-order valence-corrected chi connectivity index (χ3v) is 5.86. The number of carbonyl (C=O) groups is 3. The van der Waals surface area contributed by atoms with Crippen LogP contribution in [0.15, 0.2) is 85.1 Å². The molecule has 0 radical (unpaired) electrons. The van der Waals surface area contributed by atoms with Crippen molar-refractivity contribution < 1.29 is 14.4 Å². The molecule has 0 unspecified atom stereocenters. The van der Waals surface area contributed by atoms with E-state index < -0.39 is 0 Å². The van der Waals surface area contributed by atoms with Gasteiger partial charge in [0.1, 0.15) is 5.82 Å². The zero-order chi connectivity index (χ0) is 23.7. The average Bonchev–Trinajstić information content (AvgIpc) is 3.38. The predicted molar refractivity (Wildman–Crippen MR) is 128 cm³/mol. The molecule has 168 valence electrons. The number of nitrogens with one attached hydrogen (secondary N) is 1. The maximum Gasteiger partial charge on any atom is 0.261 e. The first-order valence-electron chi connectivity index (χ1n) is 10.6. The highest BCUT2D eigenvalue weighted by molar-refractivity contribution is 6.30. The maximum atomic E-state index is 12.9. The van der Waals surface area contributed by atoms with Crippen molar-refractivity contribution in [2.45, 2.75) is 13.1 Å². The molecule has 0 saturated heterocycles. The second kappa shape index (κ2) is 8.96. The Morgan fingerprint density at radius 3 is 2.24 bits per heavy atom. The van der Waals surface area contributed by atoms with E-state index in [1.54, 1.807) is 77.6 Å². The van der Waals surface area contributed by atoms with Gasteiger partial charge < -0.3 is 5.32 Å². The molecule has 1 aromatic heterocycles. The van der Waals surface area contributed by atoms with Gasteiger partial charge in [0.25, 0.3) is 17.7 Å². The number of amides is 3. The van der Waals surface area contributed by atoms with Crippen LogP contribution < -0.4 is 5.32 Å². The molecular weight excluding hydrogens is 452 g/mol. The molecule has 0 fully saturated rings. The Morgan fingerprint density at radius 1 is 0.824 bits per heavy atom. The van der Waals surface area contributed by atoms with Crippen LogP contribution in [0.25, 0.3) is 0 Å². The third-order valence-electron chi connectivity index (χ3n) is 5.61.